The number of carbonyl (C=O) groups excluding carboxylic acids is 1. The van der Waals surface area contributed by atoms with E-state index in [4.69, 9.17) is 21.1 Å². The second-order valence-electron chi connectivity index (χ2n) is 8.87. The van der Waals surface area contributed by atoms with Gasteiger partial charge >= 0.3 is 0 Å². The molecule has 5 rings (SSSR count). The Labute approximate surface area is 214 Å². The number of amides is 1. The highest BCUT2D eigenvalue weighted by atomic mass is 32.1. The van der Waals surface area contributed by atoms with E-state index in [9.17, 15) is 4.79 Å². The first-order valence-corrected chi connectivity index (χ1v) is 12.0. The van der Waals surface area contributed by atoms with Gasteiger partial charge in [0.25, 0.3) is 5.91 Å². The number of thiocarbonyl (C=S) groups is 1. The molecule has 0 atom stereocenters. The molecule has 1 amide bonds. The van der Waals surface area contributed by atoms with Gasteiger partial charge in [0.05, 0.1) is 0 Å². The zero-order chi connectivity index (χ0) is 25.4. The summed E-state index contributed by atoms with van der Waals surface area (Å²) in [5.41, 5.74) is 8.78. The number of nitrogens with zero attached hydrogens (tertiary/aromatic N) is 1. The zero-order valence-corrected chi connectivity index (χ0v) is 21.2. The first-order valence-electron chi connectivity index (χ1n) is 11.5. The molecule has 0 bridgehead atoms. The lowest BCUT2D eigenvalue weighted by atomic mass is 10.1. The molecule has 0 spiro atoms. The first kappa shape index (κ1) is 23.5. The van der Waals surface area contributed by atoms with Crippen LogP contribution in [-0.4, -0.2) is 16.0 Å². The predicted molar refractivity (Wildman–Crippen MR) is 146 cm³/mol. The van der Waals surface area contributed by atoms with Gasteiger partial charge < -0.3 is 14.2 Å². The molecule has 6 nitrogen and oxygen atoms in total. The van der Waals surface area contributed by atoms with Gasteiger partial charge in [-0.05, 0) is 117 Å². The second kappa shape index (κ2) is 9.43. The van der Waals surface area contributed by atoms with Gasteiger partial charge in [0, 0.05) is 16.8 Å². The van der Waals surface area contributed by atoms with Gasteiger partial charge in [0.2, 0.25) is 5.89 Å². The number of furan rings is 1. The fourth-order valence-corrected chi connectivity index (χ4v) is 4.05. The van der Waals surface area contributed by atoms with E-state index in [1.807, 2.05) is 61.5 Å². The van der Waals surface area contributed by atoms with Gasteiger partial charge in [-0.2, -0.15) is 0 Å². The molecule has 2 aromatic heterocycles. The Morgan fingerprint density at radius 2 is 1.47 bits per heavy atom. The minimum absolute atomic E-state index is 0.171. The number of hydrogen-bond acceptors (Lipinski definition) is 5. The van der Waals surface area contributed by atoms with Crippen LogP contribution < -0.4 is 10.6 Å². The van der Waals surface area contributed by atoms with E-state index >= 15 is 0 Å². The summed E-state index contributed by atoms with van der Waals surface area (Å²) in [5.74, 6) is 0.942. The van der Waals surface area contributed by atoms with Crippen LogP contribution in [0.15, 0.2) is 75.6 Å². The Morgan fingerprint density at radius 3 is 2.22 bits per heavy atom. The maximum Gasteiger partial charge on any atom is 0.293 e. The van der Waals surface area contributed by atoms with Gasteiger partial charge in [0.15, 0.2) is 16.5 Å². The van der Waals surface area contributed by atoms with Crippen molar-refractivity contribution in [1.82, 2.24) is 10.3 Å². The predicted octanol–water partition coefficient (Wildman–Crippen LogP) is 7.12. The first-order chi connectivity index (χ1) is 17.3. The minimum Gasteiger partial charge on any atom is -0.451 e. The summed E-state index contributed by atoms with van der Waals surface area (Å²) in [6.07, 6.45) is 0. The van der Waals surface area contributed by atoms with Crippen LogP contribution >= 0.6 is 12.2 Å². The van der Waals surface area contributed by atoms with Crippen molar-refractivity contribution in [3.63, 3.8) is 0 Å². The Hall–Kier alpha value is -4.23. The molecule has 36 heavy (non-hydrogen) atoms. The summed E-state index contributed by atoms with van der Waals surface area (Å²) in [7, 11) is 0. The van der Waals surface area contributed by atoms with Crippen LogP contribution in [0.4, 0.5) is 5.69 Å². The summed E-state index contributed by atoms with van der Waals surface area (Å²) in [4.78, 5) is 17.2. The molecule has 0 unspecified atom stereocenters. The Balaban J connectivity index is 1.23. The van der Waals surface area contributed by atoms with Crippen LogP contribution in [0.5, 0.6) is 0 Å². The number of oxazole rings is 1. The normalized spacial score (nSPS) is 11.0. The minimum atomic E-state index is -0.420. The summed E-state index contributed by atoms with van der Waals surface area (Å²) in [6, 6.07) is 21.0. The highest BCUT2D eigenvalue weighted by Gasteiger charge is 2.15. The van der Waals surface area contributed by atoms with Crippen molar-refractivity contribution in [3.8, 4) is 22.8 Å². The van der Waals surface area contributed by atoms with Crippen LogP contribution in [-0.2, 0) is 0 Å². The van der Waals surface area contributed by atoms with Crippen LogP contribution in [0.25, 0.3) is 33.9 Å². The topological polar surface area (TPSA) is 80.3 Å². The van der Waals surface area contributed by atoms with Crippen LogP contribution in [0.1, 0.15) is 32.8 Å². The van der Waals surface area contributed by atoms with Gasteiger partial charge in [-0.1, -0.05) is 12.1 Å². The molecule has 0 radical (unpaired) electrons. The Kier molecular flexibility index (Phi) is 6.16. The number of aromatic nitrogens is 1. The van der Waals surface area contributed by atoms with Crippen molar-refractivity contribution in [2.75, 3.05) is 5.32 Å². The van der Waals surface area contributed by atoms with Gasteiger partial charge in [0.1, 0.15) is 11.3 Å². The van der Waals surface area contributed by atoms with Gasteiger partial charge in [-0.3, -0.25) is 10.1 Å². The van der Waals surface area contributed by atoms with Crippen LogP contribution in [0, 0.1) is 27.7 Å². The number of fused-ring (bicyclic) bond motifs is 1. The molecule has 180 valence electrons. The van der Waals surface area contributed by atoms with Crippen molar-refractivity contribution >= 4 is 40.0 Å². The standard InChI is InChI=1S/C29H25N3O3S/c1-16-5-6-21(13-17(16)2)24-11-12-25(34-24)27(33)32-29(36)30-22-9-7-20(8-10-22)28-31-23-14-18(3)19(4)15-26(23)35-28/h5-15H,1-4H3,(H2,30,32,33,36). The molecule has 2 heterocycles. The number of nitrogens with one attached hydrogen (secondary N) is 2. The van der Waals surface area contributed by atoms with Crippen molar-refractivity contribution < 1.29 is 13.6 Å². The third kappa shape index (κ3) is 4.78. The van der Waals surface area contributed by atoms with E-state index in [-0.39, 0.29) is 10.9 Å². The van der Waals surface area contributed by atoms with Gasteiger partial charge in [-0.25, -0.2) is 4.98 Å². The molecule has 3 aromatic carbocycles. The van der Waals surface area contributed by atoms with Crippen molar-refractivity contribution in [2.45, 2.75) is 27.7 Å². The molecule has 0 fully saturated rings. The maximum absolute atomic E-state index is 12.6. The van der Waals surface area contributed by atoms with Crippen LogP contribution in [0.3, 0.4) is 0 Å². The molecule has 0 aliphatic rings. The van der Waals surface area contributed by atoms with Crippen molar-refractivity contribution in [2.24, 2.45) is 0 Å². The number of carbonyl (C=O) groups is 1. The van der Waals surface area contributed by atoms with E-state index < -0.39 is 5.91 Å². The van der Waals surface area contributed by atoms with E-state index in [1.54, 1.807) is 12.1 Å². The fourth-order valence-electron chi connectivity index (χ4n) is 3.84. The molecular weight excluding hydrogens is 470 g/mol. The lowest BCUT2D eigenvalue weighted by Crippen LogP contribution is -2.33. The average Bonchev–Trinajstić information content (AvgIpc) is 3.49. The highest BCUT2D eigenvalue weighted by Crippen LogP contribution is 2.27. The van der Waals surface area contributed by atoms with Crippen molar-refractivity contribution in [1.29, 1.82) is 0 Å². The maximum atomic E-state index is 12.6. The van der Waals surface area contributed by atoms with E-state index in [2.05, 4.69) is 36.4 Å². The molecule has 2 N–H and O–H groups in total. The monoisotopic (exact) mass is 495 g/mol. The molecule has 0 saturated carbocycles. The van der Waals surface area contributed by atoms with E-state index in [1.165, 1.54) is 11.1 Å². The van der Waals surface area contributed by atoms with Gasteiger partial charge in [-0.15, -0.1) is 0 Å². The lowest BCUT2D eigenvalue weighted by molar-refractivity contribution is 0.0951. The number of anilines is 1. The molecule has 5 aromatic rings. The Bertz CT molecular complexity index is 1570. The smallest absolute Gasteiger partial charge is 0.293 e. The summed E-state index contributed by atoms with van der Waals surface area (Å²) >= 11 is 5.32. The molecular formula is C29H25N3O3S. The number of benzene rings is 3. The quantitative estimate of drug-likeness (QED) is 0.259. The number of aryl methyl sites for hydroxylation is 4. The number of rotatable bonds is 4. The van der Waals surface area contributed by atoms with E-state index in [0.717, 1.165) is 39.0 Å². The third-order valence-electron chi connectivity index (χ3n) is 6.24. The molecule has 7 heteroatoms. The third-order valence-corrected chi connectivity index (χ3v) is 6.45. The lowest BCUT2D eigenvalue weighted by Gasteiger charge is -2.09. The van der Waals surface area contributed by atoms with Crippen LogP contribution in [0.2, 0.25) is 0 Å². The Morgan fingerprint density at radius 1 is 0.778 bits per heavy atom. The van der Waals surface area contributed by atoms with Crippen molar-refractivity contribution in [3.05, 3.63) is 94.7 Å². The second-order valence-corrected chi connectivity index (χ2v) is 9.28. The molecule has 0 saturated heterocycles. The summed E-state index contributed by atoms with van der Waals surface area (Å²) in [6.45, 7) is 8.20. The highest BCUT2D eigenvalue weighted by molar-refractivity contribution is 7.80. The zero-order valence-electron chi connectivity index (χ0n) is 20.4. The van der Waals surface area contributed by atoms with E-state index in [0.29, 0.717) is 11.7 Å². The summed E-state index contributed by atoms with van der Waals surface area (Å²) in [5, 5.41) is 5.85. The summed E-state index contributed by atoms with van der Waals surface area (Å²) < 4.78 is 11.7. The molecule has 0 aliphatic heterocycles. The average molecular weight is 496 g/mol. The number of hydrogen-bond donors (Lipinski definition) is 2. The molecule has 0 aliphatic carbocycles. The SMILES string of the molecule is Cc1ccc(-c2ccc(C(=O)NC(=S)Nc3ccc(-c4nc5cc(C)c(C)cc5o4)cc3)o2)cc1C. The largest absolute Gasteiger partial charge is 0.451 e. The fraction of sp³-hybridized carbons (Fsp3) is 0.138.